The van der Waals surface area contributed by atoms with Gasteiger partial charge in [-0.1, -0.05) is 12.1 Å². The largest absolute Gasteiger partial charge is 0.328 e. The molecule has 0 saturated heterocycles. The van der Waals surface area contributed by atoms with Crippen molar-refractivity contribution in [3.8, 4) is 0 Å². The van der Waals surface area contributed by atoms with Gasteiger partial charge in [-0.3, -0.25) is 4.79 Å². The molecule has 3 nitrogen and oxygen atoms in total. The lowest BCUT2D eigenvalue weighted by atomic mass is 10.1. The lowest BCUT2D eigenvalue weighted by Gasteiger charge is -2.11. The van der Waals surface area contributed by atoms with Crippen LogP contribution in [0.25, 0.3) is 0 Å². The Morgan fingerprint density at radius 2 is 2.05 bits per heavy atom. The first-order valence-corrected chi connectivity index (χ1v) is 7.72. The van der Waals surface area contributed by atoms with E-state index < -0.39 is 0 Å². The normalized spacial score (nSPS) is 21.8. The predicted octanol–water partition coefficient (Wildman–Crippen LogP) is 3.04. The van der Waals surface area contributed by atoms with Crippen LogP contribution in [0, 0.1) is 5.92 Å². The van der Waals surface area contributed by atoms with Crippen LogP contribution < -0.4 is 11.1 Å². The highest BCUT2D eigenvalue weighted by Crippen LogP contribution is 2.25. The van der Waals surface area contributed by atoms with Gasteiger partial charge in [0.25, 0.3) is 0 Å². The first kappa shape index (κ1) is 16.3. The van der Waals surface area contributed by atoms with Crippen LogP contribution in [0.1, 0.15) is 24.8 Å². The Labute approximate surface area is 125 Å². The van der Waals surface area contributed by atoms with Crippen molar-refractivity contribution in [2.75, 3.05) is 11.6 Å². The number of rotatable bonds is 4. The van der Waals surface area contributed by atoms with Crippen LogP contribution in [0.4, 0.5) is 5.69 Å². The first-order valence-electron chi connectivity index (χ1n) is 6.33. The third-order valence-corrected chi connectivity index (χ3v) is 4.00. The number of benzene rings is 1. The summed E-state index contributed by atoms with van der Waals surface area (Å²) in [5.41, 5.74) is 7.99. The molecule has 1 amide bonds. The van der Waals surface area contributed by atoms with Crippen LogP contribution in [-0.2, 0) is 10.5 Å². The zero-order valence-electron chi connectivity index (χ0n) is 11.1. The van der Waals surface area contributed by atoms with Gasteiger partial charge in [0.05, 0.1) is 0 Å². The van der Waals surface area contributed by atoms with E-state index in [-0.39, 0.29) is 30.3 Å². The van der Waals surface area contributed by atoms with Crippen molar-refractivity contribution in [3.63, 3.8) is 0 Å². The number of amides is 1. The summed E-state index contributed by atoms with van der Waals surface area (Å²) in [6, 6.07) is 8.26. The summed E-state index contributed by atoms with van der Waals surface area (Å²) in [5.74, 6) is 1.21. The molecule has 19 heavy (non-hydrogen) atoms. The molecule has 0 aliphatic heterocycles. The number of hydrogen-bond acceptors (Lipinski definition) is 3. The van der Waals surface area contributed by atoms with Gasteiger partial charge >= 0.3 is 0 Å². The maximum atomic E-state index is 12.0. The highest BCUT2D eigenvalue weighted by atomic mass is 35.5. The topological polar surface area (TPSA) is 55.1 Å². The Hall–Kier alpha value is -0.710. The second-order valence-corrected chi connectivity index (χ2v) is 5.76. The molecule has 0 spiro atoms. The number of thioether (sulfide) groups is 1. The summed E-state index contributed by atoms with van der Waals surface area (Å²) in [6.45, 7) is 0. The van der Waals surface area contributed by atoms with Crippen molar-refractivity contribution >= 4 is 35.8 Å². The molecule has 1 aliphatic carbocycles. The Kier molecular flexibility index (Phi) is 6.69. The maximum absolute atomic E-state index is 12.0. The van der Waals surface area contributed by atoms with Crippen LogP contribution in [0.3, 0.4) is 0 Å². The molecule has 0 heterocycles. The molecule has 2 atom stereocenters. The monoisotopic (exact) mass is 300 g/mol. The highest BCUT2D eigenvalue weighted by molar-refractivity contribution is 7.97. The van der Waals surface area contributed by atoms with Crippen LogP contribution in [0.2, 0.25) is 0 Å². The van der Waals surface area contributed by atoms with Gasteiger partial charge in [0, 0.05) is 23.4 Å². The van der Waals surface area contributed by atoms with Gasteiger partial charge in [0.2, 0.25) is 5.91 Å². The van der Waals surface area contributed by atoms with Crippen LogP contribution >= 0.6 is 24.2 Å². The molecule has 5 heteroatoms. The smallest absolute Gasteiger partial charge is 0.227 e. The zero-order chi connectivity index (χ0) is 13.0. The standard InChI is InChI=1S/C14H20N2OS.ClH/c1-18-9-10-2-6-13(7-3-10)16-14(17)11-4-5-12(15)8-11;/h2-3,6-7,11-12H,4-5,8-9,15H2,1H3,(H,16,17);1H. The first-order chi connectivity index (χ1) is 8.69. The van der Waals surface area contributed by atoms with Gasteiger partial charge in [-0.05, 0) is 43.2 Å². The number of halogens is 1. The van der Waals surface area contributed by atoms with Crippen molar-refractivity contribution in [1.29, 1.82) is 0 Å². The number of nitrogens with one attached hydrogen (secondary N) is 1. The highest BCUT2D eigenvalue weighted by Gasteiger charge is 2.27. The van der Waals surface area contributed by atoms with Crippen LogP contribution in [-0.4, -0.2) is 18.2 Å². The molecule has 106 valence electrons. The van der Waals surface area contributed by atoms with Crippen molar-refractivity contribution in [2.45, 2.75) is 31.1 Å². The number of anilines is 1. The van der Waals surface area contributed by atoms with Gasteiger partial charge in [-0.15, -0.1) is 12.4 Å². The Bertz CT molecular complexity index is 410. The van der Waals surface area contributed by atoms with E-state index in [1.165, 1.54) is 5.56 Å². The van der Waals surface area contributed by atoms with E-state index in [2.05, 4.69) is 23.7 Å². The van der Waals surface area contributed by atoms with Crippen molar-refractivity contribution in [2.24, 2.45) is 11.7 Å². The minimum absolute atomic E-state index is 0. The van der Waals surface area contributed by atoms with Gasteiger partial charge in [0.1, 0.15) is 0 Å². The third kappa shape index (κ3) is 4.71. The minimum atomic E-state index is 0. The summed E-state index contributed by atoms with van der Waals surface area (Å²) in [4.78, 5) is 12.0. The molecule has 3 N–H and O–H groups in total. The van der Waals surface area contributed by atoms with Crippen molar-refractivity contribution in [1.82, 2.24) is 0 Å². The van der Waals surface area contributed by atoms with E-state index in [1.807, 2.05) is 12.1 Å². The second kappa shape index (κ2) is 7.78. The van der Waals surface area contributed by atoms with E-state index >= 15 is 0 Å². The quantitative estimate of drug-likeness (QED) is 0.898. The molecule has 1 saturated carbocycles. The van der Waals surface area contributed by atoms with E-state index in [9.17, 15) is 4.79 Å². The summed E-state index contributed by atoms with van der Waals surface area (Å²) in [7, 11) is 0. The molecule has 1 aromatic carbocycles. The Morgan fingerprint density at radius 1 is 1.37 bits per heavy atom. The molecule has 2 unspecified atom stereocenters. The molecule has 1 aromatic rings. The molecular weight excluding hydrogens is 280 g/mol. The van der Waals surface area contributed by atoms with Gasteiger partial charge < -0.3 is 11.1 Å². The van der Waals surface area contributed by atoms with E-state index in [4.69, 9.17) is 5.73 Å². The number of hydrogen-bond donors (Lipinski definition) is 2. The molecule has 0 radical (unpaired) electrons. The third-order valence-electron chi connectivity index (χ3n) is 3.38. The van der Waals surface area contributed by atoms with Gasteiger partial charge in [-0.25, -0.2) is 0 Å². The average Bonchev–Trinajstić information content (AvgIpc) is 2.79. The average molecular weight is 301 g/mol. The lowest BCUT2D eigenvalue weighted by Crippen LogP contribution is -2.23. The molecular formula is C14H21ClN2OS. The minimum Gasteiger partial charge on any atom is -0.328 e. The maximum Gasteiger partial charge on any atom is 0.227 e. The second-order valence-electron chi connectivity index (χ2n) is 4.89. The molecule has 1 aliphatic rings. The van der Waals surface area contributed by atoms with Crippen LogP contribution in [0.15, 0.2) is 24.3 Å². The van der Waals surface area contributed by atoms with Crippen LogP contribution in [0.5, 0.6) is 0 Å². The number of carbonyl (C=O) groups is 1. The lowest BCUT2D eigenvalue weighted by molar-refractivity contribution is -0.119. The zero-order valence-corrected chi connectivity index (χ0v) is 12.7. The van der Waals surface area contributed by atoms with E-state index in [1.54, 1.807) is 11.8 Å². The molecule has 0 bridgehead atoms. The number of carbonyl (C=O) groups excluding carboxylic acids is 1. The summed E-state index contributed by atoms with van der Waals surface area (Å²) in [6.07, 6.45) is 4.78. The Balaban J connectivity index is 0.00000180. The Morgan fingerprint density at radius 3 is 2.58 bits per heavy atom. The van der Waals surface area contributed by atoms with E-state index in [0.717, 1.165) is 30.7 Å². The fourth-order valence-electron chi connectivity index (χ4n) is 2.35. The predicted molar refractivity (Wildman–Crippen MR) is 84.9 cm³/mol. The van der Waals surface area contributed by atoms with E-state index in [0.29, 0.717) is 0 Å². The summed E-state index contributed by atoms with van der Waals surface area (Å²) >= 11 is 1.79. The SMILES string of the molecule is CSCc1ccc(NC(=O)C2CCC(N)C2)cc1.Cl. The summed E-state index contributed by atoms with van der Waals surface area (Å²) < 4.78 is 0. The molecule has 0 aromatic heterocycles. The number of nitrogens with two attached hydrogens (primary N) is 1. The van der Waals surface area contributed by atoms with Gasteiger partial charge in [0.15, 0.2) is 0 Å². The molecule has 1 fully saturated rings. The fraction of sp³-hybridized carbons (Fsp3) is 0.500. The van der Waals surface area contributed by atoms with Crippen molar-refractivity contribution < 1.29 is 4.79 Å². The fourth-order valence-corrected chi connectivity index (χ4v) is 2.88. The van der Waals surface area contributed by atoms with Gasteiger partial charge in [-0.2, -0.15) is 11.8 Å². The molecule has 2 rings (SSSR count). The van der Waals surface area contributed by atoms with Crippen molar-refractivity contribution in [3.05, 3.63) is 29.8 Å². The summed E-state index contributed by atoms with van der Waals surface area (Å²) in [5, 5.41) is 2.97.